The first-order chi connectivity index (χ1) is 11.1. The molecule has 126 valence electrons. The Kier molecular flexibility index (Phi) is 8.99. The molecule has 1 rings (SSSR count). The van der Waals surface area contributed by atoms with Crippen LogP contribution in [0.1, 0.15) is 18.9 Å². The molecule has 0 aliphatic rings. The molecule has 1 atom stereocenters. The van der Waals surface area contributed by atoms with Gasteiger partial charge in [0.2, 0.25) is 5.91 Å². The van der Waals surface area contributed by atoms with E-state index in [9.17, 15) is 9.59 Å². The minimum absolute atomic E-state index is 0.0295. The summed E-state index contributed by atoms with van der Waals surface area (Å²) in [4.78, 5) is 21.8. The largest absolute Gasteiger partial charge is 0.480 e. The Bertz CT molecular complexity index is 507. The normalized spacial score (nSPS) is 12.0. The molecule has 0 aromatic heterocycles. The third kappa shape index (κ3) is 9.20. The molecule has 4 N–H and O–H groups in total. The lowest BCUT2D eigenvalue weighted by molar-refractivity contribution is -0.136. The van der Waals surface area contributed by atoms with E-state index in [4.69, 9.17) is 5.11 Å². The number of carbonyl (C=O) groups excluding carboxylic acids is 1. The lowest BCUT2D eigenvalue weighted by atomic mass is 10.2. The highest BCUT2D eigenvalue weighted by Gasteiger charge is 2.07. The van der Waals surface area contributed by atoms with E-state index in [1.54, 1.807) is 0 Å². The molecule has 0 spiro atoms. The summed E-state index contributed by atoms with van der Waals surface area (Å²) >= 11 is 0. The van der Waals surface area contributed by atoms with Crippen molar-refractivity contribution in [1.82, 2.24) is 16.1 Å². The predicted octanol–water partition coefficient (Wildman–Crippen LogP) is 0.712. The number of carboxylic acid groups (broad SMARTS) is 1. The van der Waals surface area contributed by atoms with Gasteiger partial charge < -0.3 is 10.4 Å². The molecular formula is C15H23N5O3. The Hall–Kier alpha value is -2.48. The second-order valence-electron chi connectivity index (χ2n) is 4.92. The zero-order valence-corrected chi connectivity index (χ0v) is 13.2. The molecule has 8 heteroatoms. The molecule has 0 bridgehead atoms. The second kappa shape index (κ2) is 11.1. The standard InChI is InChI=1S/C15H23N5O3/c1-2-13(9-17-14(21)10-16-11-15(22)23)19-20-18-8-12-6-4-3-5-7-12/h3-7,13,16H,2,8-11H2,1H3,(H,17,21)(H,18,19)(H,22,23). The minimum Gasteiger partial charge on any atom is -0.480 e. The van der Waals surface area contributed by atoms with Crippen LogP contribution < -0.4 is 16.1 Å². The van der Waals surface area contributed by atoms with Crippen LogP contribution >= 0.6 is 0 Å². The van der Waals surface area contributed by atoms with Crippen LogP contribution in [-0.4, -0.2) is 42.7 Å². The summed E-state index contributed by atoms with van der Waals surface area (Å²) in [5, 5.41) is 21.7. The summed E-state index contributed by atoms with van der Waals surface area (Å²) in [6.07, 6.45) is 0.771. The summed E-state index contributed by atoms with van der Waals surface area (Å²) in [5.74, 6) is -1.25. The smallest absolute Gasteiger partial charge is 0.317 e. The number of rotatable bonds is 11. The molecule has 0 radical (unpaired) electrons. The van der Waals surface area contributed by atoms with Gasteiger partial charge in [0.25, 0.3) is 0 Å². The van der Waals surface area contributed by atoms with Crippen molar-refractivity contribution in [1.29, 1.82) is 0 Å². The van der Waals surface area contributed by atoms with Gasteiger partial charge in [-0.15, -0.1) is 0 Å². The van der Waals surface area contributed by atoms with E-state index in [0.717, 1.165) is 12.0 Å². The maximum atomic E-state index is 11.5. The average Bonchev–Trinajstić information content (AvgIpc) is 2.55. The molecule has 1 aromatic rings. The molecule has 1 amide bonds. The van der Waals surface area contributed by atoms with Crippen molar-refractivity contribution in [3.05, 3.63) is 35.9 Å². The van der Waals surface area contributed by atoms with Gasteiger partial charge in [0, 0.05) is 6.54 Å². The fourth-order valence-corrected chi connectivity index (χ4v) is 1.69. The van der Waals surface area contributed by atoms with Crippen LogP contribution in [0.25, 0.3) is 0 Å². The maximum absolute atomic E-state index is 11.5. The number of benzene rings is 1. The first-order valence-corrected chi connectivity index (χ1v) is 7.47. The quantitative estimate of drug-likeness (QED) is 0.354. The molecule has 1 unspecified atom stereocenters. The first-order valence-electron chi connectivity index (χ1n) is 7.47. The van der Waals surface area contributed by atoms with E-state index in [-0.39, 0.29) is 25.0 Å². The van der Waals surface area contributed by atoms with Crippen molar-refractivity contribution < 1.29 is 14.7 Å². The number of aliphatic carboxylic acids is 1. The van der Waals surface area contributed by atoms with E-state index >= 15 is 0 Å². The highest BCUT2D eigenvalue weighted by Crippen LogP contribution is 2.00. The number of hydrogen-bond acceptors (Lipinski definition) is 5. The zero-order chi connectivity index (χ0) is 16.9. The van der Waals surface area contributed by atoms with Crippen LogP contribution in [0.2, 0.25) is 0 Å². The monoisotopic (exact) mass is 321 g/mol. The SMILES string of the molecule is CCC(CNC(=O)CNCC(=O)O)NN=NCc1ccccc1. The van der Waals surface area contributed by atoms with E-state index < -0.39 is 5.97 Å². The Morgan fingerprint density at radius 3 is 2.61 bits per heavy atom. The van der Waals surface area contributed by atoms with Crippen LogP contribution in [0.4, 0.5) is 0 Å². The summed E-state index contributed by atoms with van der Waals surface area (Å²) in [7, 11) is 0. The van der Waals surface area contributed by atoms with Gasteiger partial charge in [0.1, 0.15) is 0 Å². The van der Waals surface area contributed by atoms with Gasteiger partial charge in [-0.1, -0.05) is 42.5 Å². The number of carboxylic acids is 1. The molecular weight excluding hydrogens is 298 g/mol. The summed E-state index contributed by atoms with van der Waals surface area (Å²) in [6, 6.07) is 9.75. The van der Waals surface area contributed by atoms with E-state index in [2.05, 4.69) is 26.4 Å². The van der Waals surface area contributed by atoms with E-state index in [0.29, 0.717) is 13.1 Å². The van der Waals surface area contributed by atoms with Crippen molar-refractivity contribution in [2.45, 2.75) is 25.9 Å². The highest BCUT2D eigenvalue weighted by atomic mass is 16.4. The summed E-state index contributed by atoms with van der Waals surface area (Å²) in [5.41, 5.74) is 3.97. The highest BCUT2D eigenvalue weighted by molar-refractivity contribution is 5.78. The third-order valence-electron chi connectivity index (χ3n) is 3.01. The Morgan fingerprint density at radius 1 is 1.22 bits per heavy atom. The minimum atomic E-state index is -0.996. The van der Waals surface area contributed by atoms with Crippen molar-refractivity contribution in [2.24, 2.45) is 10.3 Å². The predicted molar refractivity (Wildman–Crippen MR) is 85.7 cm³/mol. The molecule has 0 saturated carbocycles. The van der Waals surface area contributed by atoms with Crippen LogP contribution in [-0.2, 0) is 16.1 Å². The van der Waals surface area contributed by atoms with Gasteiger partial charge in [-0.05, 0) is 12.0 Å². The lowest BCUT2D eigenvalue weighted by Crippen LogP contribution is -2.42. The number of carbonyl (C=O) groups is 2. The van der Waals surface area contributed by atoms with Gasteiger partial charge in [-0.25, -0.2) is 0 Å². The zero-order valence-electron chi connectivity index (χ0n) is 13.2. The molecule has 0 aliphatic heterocycles. The Labute approximate surface area is 135 Å². The number of nitrogens with one attached hydrogen (secondary N) is 3. The molecule has 0 saturated heterocycles. The van der Waals surface area contributed by atoms with Crippen molar-refractivity contribution in [3.8, 4) is 0 Å². The van der Waals surface area contributed by atoms with Gasteiger partial charge >= 0.3 is 5.97 Å². The van der Waals surface area contributed by atoms with Gasteiger partial charge in [-0.3, -0.25) is 20.3 Å². The number of nitrogens with zero attached hydrogens (tertiary/aromatic N) is 2. The second-order valence-corrected chi connectivity index (χ2v) is 4.92. The molecule has 0 aliphatic carbocycles. The van der Waals surface area contributed by atoms with Gasteiger partial charge in [0.05, 0.1) is 25.7 Å². The third-order valence-corrected chi connectivity index (χ3v) is 3.01. The van der Waals surface area contributed by atoms with Crippen LogP contribution in [0.3, 0.4) is 0 Å². The molecule has 0 heterocycles. The average molecular weight is 321 g/mol. The topological polar surface area (TPSA) is 115 Å². The lowest BCUT2D eigenvalue weighted by Gasteiger charge is -2.14. The molecule has 23 heavy (non-hydrogen) atoms. The van der Waals surface area contributed by atoms with E-state index in [1.807, 2.05) is 37.3 Å². The molecule has 0 fully saturated rings. The Morgan fingerprint density at radius 2 is 1.96 bits per heavy atom. The van der Waals surface area contributed by atoms with Gasteiger partial charge in [0.15, 0.2) is 0 Å². The van der Waals surface area contributed by atoms with Gasteiger partial charge in [-0.2, -0.15) is 5.11 Å². The van der Waals surface area contributed by atoms with Crippen molar-refractivity contribution in [3.63, 3.8) is 0 Å². The molecule has 8 nitrogen and oxygen atoms in total. The summed E-state index contributed by atoms with van der Waals surface area (Å²) < 4.78 is 0. The van der Waals surface area contributed by atoms with Crippen molar-refractivity contribution >= 4 is 11.9 Å². The van der Waals surface area contributed by atoms with Crippen LogP contribution in [0.5, 0.6) is 0 Å². The fraction of sp³-hybridized carbons (Fsp3) is 0.467. The molecule has 1 aromatic carbocycles. The maximum Gasteiger partial charge on any atom is 0.317 e. The van der Waals surface area contributed by atoms with Crippen LogP contribution in [0.15, 0.2) is 40.7 Å². The number of hydrogen-bond donors (Lipinski definition) is 4. The van der Waals surface area contributed by atoms with Crippen molar-refractivity contribution in [2.75, 3.05) is 19.6 Å². The number of amides is 1. The Balaban J connectivity index is 2.20. The van der Waals surface area contributed by atoms with E-state index in [1.165, 1.54) is 0 Å². The fourth-order valence-electron chi connectivity index (χ4n) is 1.69. The first kappa shape index (κ1) is 18.6. The summed E-state index contributed by atoms with van der Waals surface area (Å²) in [6.45, 7) is 2.60. The van der Waals surface area contributed by atoms with Crippen LogP contribution in [0, 0.1) is 0 Å².